The molecule has 2 aliphatic rings. The average molecular weight is 562 g/mol. The van der Waals surface area contributed by atoms with Crippen molar-refractivity contribution in [3.63, 3.8) is 0 Å². The summed E-state index contributed by atoms with van der Waals surface area (Å²) < 4.78 is 45.2. The van der Waals surface area contributed by atoms with E-state index in [0.717, 1.165) is 41.8 Å². The van der Waals surface area contributed by atoms with E-state index in [1.54, 1.807) is 17.1 Å². The summed E-state index contributed by atoms with van der Waals surface area (Å²) in [5.41, 5.74) is 3.22. The lowest BCUT2D eigenvalue weighted by Crippen LogP contribution is -2.39. The van der Waals surface area contributed by atoms with Crippen LogP contribution in [0.25, 0.3) is 22.4 Å². The van der Waals surface area contributed by atoms with Gasteiger partial charge in [-0.05, 0) is 67.5 Å². The van der Waals surface area contributed by atoms with Crippen LogP contribution in [0.1, 0.15) is 48.1 Å². The van der Waals surface area contributed by atoms with Crippen LogP contribution in [0.2, 0.25) is 4.34 Å². The summed E-state index contributed by atoms with van der Waals surface area (Å²) in [6.45, 7) is 1.33. The minimum absolute atomic E-state index is 0.000322. The molecule has 4 aromatic rings. The van der Waals surface area contributed by atoms with Crippen LogP contribution in [-0.2, 0) is 11.3 Å². The van der Waals surface area contributed by atoms with Crippen molar-refractivity contribution in [3.05, 3.63) is 57.8 Å². The number of piperidine rings is 1. The lowest BCUT2D eigenvalue weighted by Gasteiger charge is -2.31. The second-order valence-corrected chi connectivity index (χ2v) is 11.3. The Hall–Kier alpha value is -3.18. The lowest BCUT2D eigenvalue weighted by atomic mass is 9.97. The number of carbonyl (C=O) groups is 1. The predicted octanol–water partition coefficient (Wildman–Crippen LogP) is 6.39. The third kappa shape index (κ3) is 5.35. The second-order valence-electron chi connectivity index (χ2n) is 9.66. The van der Waals surface area contributed by atoms with Gasteiger partial charge in [0.15, 0.2) is 5.65 Å². The maximum Gasteiger partial charge on any atom is 0.573 e. The zero-order valence-electron chi connectivity index (χ0n) is 20.1. The molecule has 2 fully saturated rings. The molecule has 0 spiro atoms. The van der Waals surface area contributed by atoms with Crippen molar-refractivity contribution < 1.29 is 22.7 Å². The number of aromatic nitrogens is 4. The van der Waals surface area contributed by atoms with Crippen LogP contribution in [0.4, 0.5) is 13.2 Å². The van der Waals surface area contributed by atoms with Crippen molar-refractivity contribution in [2.45, 2.75) is 50.4 Å². The molecule has 3 aromatic heterocycles. The van der Waals surface area contributed by atoms with Gasteiger partial charge in [-0.25, -0.2) is 15.0 Å². The lowest BCUT2D eigenvalue weighted by molar-refractivity contribution is -0.274. The number of halogens is 4. The highest BCUT2D eigenvalue weighted by Crippen LogP contribution is 2.45. The van der Waals surface area contributed by atoms with Crippen LogP contribution in [0.15, 0.2) is 42.9 Å². The van der Waals surface area contributed by atoms with E-state index in [0.29, 0.717) is 34.3 Å². The van der Waals surface area contributed by atoms with Crippen LogP contribution < -0.4 is 4.74 Å². The molecule has 1 saturated carbocycles. The van der Waals surface area contributed by atoms with Gasteiger partial charge in [0.05, 0.1) is 11.3 Å². The van der Waals surface area contributed by atoms with Gasteiger partial charge in [0.2, 0.25) is 5.91 Å². The highest BCUT2D eigenvalue weighted by molar-refractivity contribution is 7.16. The molecule has 1 amide bonds. The molecule has 0 unspecified atom stereocenters. The fourth-order valence-corrected chi connectivity index (χ4v) is 6.28. The van der Waals surface area contributed by atoms with E-state index in [-0.39, 0.29) is 30.0 Å². The van der Waals surface area contributed by atoms with Crippen molar-refractivity contribution in [3.8, 4) is 17.0 Å². The van der Waals surface area contributed by atoms with Crippen LogP contribution in [0, 0.1) is 0 Å². The summed E-state index contributed by atoms with van der Waals surface area (Å²) in [4.78, 5) is 28.1. The van der Waals surface area contributed by atoms with Crippen LogP contribution >= 0.6 is 22.9 Å². The molecule has 0 N–H and O–H groups in total. The number of alkyl halides is 3. The van der Waals surface area contributed by atoms with Gasteiger partial charge >= 0.3 is 6.36 Å². The molecule has 12 heteroatoms. The summed E-state index contributed by atoms with van der Waals surface area (Å²) in [5.74, 6) is 0.0967. The number of nitrogens with zero attached hydrogens (tertiary/aromatic N) is 5. The largest absolute Gasteiger partial charge is 0.573 e. The monoisotopic (exact) mass is 561 g/mol. The Labute approximate surface area is 225 Å². The number of thiazole rings is 1. The number of amides is 1. The van der Waals surface area contributed by atoms with Crippen molar-refractivity contribution in [1.82, 2.24) is 24.4 Å². The summed E-state index contributed by atoms with van der Waals surface area (Å²) >= 11 is 7.90. The molecule has 38 heavy (non-hydrogen) atoms. The van der Waals surface area contributed by atoms with E-state index in [1.165, 1.54) is 23.5 Å². The molecule has 7 nitrogen and oxygen atoms in total. The van der Waals surface area contributed by atoms with E-state index < -0.39 is 6.36 Å². The summed E-state index contributed by atoms with van der Waals surface area (Å²) in [6, 6.07) is 8.32. The number of imidazole rings is 1. The number of pyridine rings is 1. The van der Waals surface area contributed by atoms with Gasteiger partial charge < -0.3 is 14.2 Å². The first-order chi connectivity index (χ1) is 18.2. The average Bonchev–Trinajstić information content (AvgIpc) is 3.56. The zero-order valence-corrected chi connectivity index (χ0v) is 21.7. The first kappa shape index (κ1) is 25.1. The van der Waals surface area contributed by atoms with Gasteiger partial charge in [-0.15, -0.1) is 24.5 Å². The highest BCUT2D eigenvalue weighted by Gasteiger charge is 2.33. The van der Waals surface area contributed by atoms with E-state index in [2.05, 4.69) is 14.7 Å². The maximum absolute atomic E-state index is 12.9. The van der Waals surface area contributed by atoms with Crippen molar-refractivity contribution >= 4 is 40.0 Å². The van der Waals surface area contributed by atoms with Crippen molar-refractivity contribution in [2.75, 3.05) is 13.1 Å². The van der Waals surface area contributed by atoms with Crippen LogP contribution in [-0.4, -0.2) is 49.8 Å². The van der Waals surface area contributed by atoms with Crippen LogP contribution in [0.3, 0.4) is 0 Å². The van der Waals surface area contributed by atoms with Gasteiger partial charge in [-0.2, -0.15) is 0 Å². The fourth-order valence-electron chi connectivity index (χ4n) is 4.91. The number of carbonyl (C=O) groups excluding carboxylic acids is 1. The summed E-state index contributed by atoms with van der Waals surface area (Å²) in [6.07, 6.45) is 1.86. The van der Waals surface area contributed by atoms with E-state index in [1.807, 2.05) is 23.1 Å². The first-order valence-electron chi connectivity index (χ1n) is 12.3. The molecule has 4 heterocycles. The van der Waals surface area contributed by atoms with Gasteiger partial charge in [0, 0.05) is 30.8 Å². The Bertz CT molecular complexity index is 1490. The number of benzene rings is 1. The molecule has 198 valence electrons. The van der Waals surface area contributed by atoms with Gasteiger partial charge in [-0.3, -0.25) is 4.79 Å². The molecule has 1 aromatic carbocycles. The Morgan fingerprint density at radius 3 is 2.63 bits per heavy atom. The number of rotatable bonds is 6. The third-order valence-electron chi connectivity index (χ3n) is 6.96. The number of ether oxygens (including phenoxy) is 1. The highest BCUT2D eigenvalue weighted by atomic mass is 35.5. The first-order valence-corrected chi connectivity index (χ1v) is 13.5. The Kier molecular flexibility index (Phi) is 6.51. The maximum atomic E-state index is 12.9. The minimum atomic E-state index is -4.77. The predicted molar refractivity (Wildman–Crippen MR) is 137 cm³/mol. The molecule has 0 bridgehead atoms. The Balaban J connectivity index is 1.15. The standard InChI is InChI=1S/C26H23ClF3N5O2S/c27-23-22(18-10-17(15-3-4-15)11-19(12-18)37-26(28,29)30)33-25(38-23)16-5-8-34(9-6-16)21(36)13-35-14-32-20-2-1-7-31-24(20)35/h1-2,7,10-12,14-16H,3-6,8-9,13H2. The molecule has 1 aliphatic heterocycles. The second kappa shape index (κ2) is 9.85. The molecular weight excluding hydrogens is 539 g/mol. The summed E-state index contributed by atoms with van der Waals surface area (Å²) in [5, 5.41) is 0.831. The van der Waals surface area contributed by atoms with Gasteiger partial charge in [0.25, 0.3) is 0 Å². The topological polar surface area (TPSA) is 73.1 Å². The van der Waals surface area contributed by atoms with E-state index >= 15 is 0 Å². The molecule has 1 saturated heterocycles. The van der Waals surface area contributed by atoms with Crippen molar-refractivity contribution in [1.29, 1.82) is 0 Å². The van der Waals surface area contributed by atoms with E-state index in [4.69, 9.17) is 16.6 Å². The van der Waals surface area contributed by atoms with E-state index in [9.17, 15) is 18.0 Å². The number of hydrogen-bond acceptors (Lipinski definition) is 6. The quantitative estimate of drug-likeness (QED) is 0.273. The molecular formula is C26H23ClF3N5O2S. The normalized spacial score (nSPS) is 16.8. The van der Waals surface area contributed by atoms with Crippen molar-refractivity contribution in [2.24, 2.45) is 0 Å². The minimum Gasteiger partial charge on any atom is -0.406 e. The Morgan fingerprint density at radius 2 is 1.89 bits per heavy atom. The number of likely N-dealkylation sites (tertiary alicyclic amines) is 1. The molecule has 1 aliphatic carbocycles. The fraction of sp³-hybridized carbons (Fsp3) is 0.385. The summed E-state index contributed by atoms with van der Waals surface area (Å²) in [7, 11) is 0. The smallest absolute Gasteiger partial charge is 0.406 e. The molecule has 0 atom stereocenters. The van der Waals surface area contributed by atoms with Gasteiger partial charge in [-0.1, -0.05) is 11.6 Å². The number of hydrogen-bond donors (Lipinski definition) is 0. The zero-order chi connectivity index (χ0) is 26.4. The SMILES string of the molecule is O=C(Cn1cnc2cccnc21)N1CCC(c2nc(-c3cc(OC(F)(F)F)cc(C4CC4)c3)c(Cl)s2)CC1. The Morgan fingerprint density at radius 1 is 1.11 bits per heavy atom. The number of fused-ring (bicyclic) bond motifs is 1. The third-order valence-corrected chi connectivity index (χ3v) is 8.38. The van der Waals surface area contributed by atoms with Gasteiger partial charge in [0.1, 0.15) is 27.8 Å². The van der Waals surface area contributed by atoms with Crippen LogP contribution in [0.5, 0.6) is 5.75 Å². The molecule has 6 rings (SSSR count). The molecule has 0 radical (unpaired) electrons.